The fourth-order valence-electron chi connectivity index (χ4n) is 3.35. The third kappa shape index (κ3) is 3.02. The zero-order valence-electron chi connectivity index (χ0n) is 14.7. The first kappa shape index (κ1) is 18.8. The van der Waals surface area contributed by atoms with E-state index in [1.807, 2.05) is 0 Å². The second-order valence-corrected chi connectivity index (χ2v) is 9.44. The van der Waals surface area contributed by atoms with Crippen LogP contribution in [0.2, 0.25) is 0 Å². The molecule has 0 unspecified atom stereocenters. The molecular formula is C20H15F2NO3S2. The maximum absolute atomic E-state index is 14.3. The SMILES string of the molecule is Cc1cccc(S(=O)(=O)c2csc3c2NC(=O)C[C@@H]3c2cccc(F)c2F)c1. The molecule has 4 rings (SSSR count). The number of sulfone groups is 1. The van der Waals surface area contributed by atoms with E-state index in [0.29, 0.717) is 4.88 Å². The number of amides is 1. The Hall–Kier alpha value is -2.58. The number of hydrogen-bond donors (Lipinski definition) is 1. The highest BCUT2D eigenvalue weighted by Crippen LogP contribution is 2.46. The van der Waals surface area contributed by atoms with Gasteiger partial charge in [-0.1, -0.05) is 24.3 Å². The maximum Gasteiger partial charge on any atom is 0.225 e. The largest absolute Gasteiger partial charge is 0.324 e. The second kappa shape index (κ2) is 6.79. The lowest BCUT2D eigenvalue weighted by Crippen LogP contribution is -2.24. The molecule has 144 valence electrons. The van der Waals surface area contributed by atoms with Crippen molar-refractivity contribution >= 4 is 32.8 Å². The molecule has 1 aliphatic heterocycles. The minimum atomic E-state index is -3.88. The molecule has 1 aliphatic rings. The summed E-state index contributed by atoms with van der Waals surface area (Å²) in [5.74, 6) is -3.22. The highest BCUT2D eigenvalue weighted by molar-refractivity contribution is 7.91. The molecule has 0 spiro atoms. The van der Waals surface area contributed by atoms with Crippen LogP contribution in [0.25, 0.3) is 0 Å². The van der Waals surface area contributed by atoms with Crippen molar-refractivity contribution < 1.29 is 22.0 Å². The van der Waals surface area contributed by atoms with E-state index in [1.165, 1.54) is 23.6 Å². The average molecular weight is 419 g/mol. The Balaban J connectivity index is 1.87. The van der Waals surface area contributed by atoms with Crippen LogP contribution < -0.4 is 5.32 Å². The molecular weight excluding hydrogens is 404 g/mol. The van der Waals surface area contributed by atoms with Crippen LogP contribution in [-0.4, -0.2) is 14.3 Å². The van der Waals surface area contributed by atoms with Crippen LogP contribution in [-0.2, 0) is 14.6 Å². The van der Waals surface area contributed by atoms with E-state index in [0.717, 1.165) is 23.0 Å². The van der Waals surface area contributed by atoms with Gasteiger partial charge in [-0.2, -0.15) is 0 Å². The highest BCUT2D eigenvalue weighted by Gasteiger charge is 2.35. The molecule has 1 atom stereocenters. The van der Waals surface area contributed by atoms with E-state index >= 15 is 0 Å². The van der Waals surface area contributed by atoms with E-state index < -0.39 is 33.3 Å². The van der Waals surface area contributed by atoms with Crippen molar-refractivity contribution in [3.8, 4) is 0 Å². The molecule has 2 aromatic carbocycles. The van der Waals surface area contributed by atoms with Crippen LogP contribution >= 0.6 is 11.3 Å². The van der Waals surface area contributed by atoms with Gasteiger partial charge in [0.05, 0.1) is 10.6 Å². The Bertz CT molecular complexity index is 1200. The minimum Gasteiger partial charge on any atom is -0.324 e. The summed E-state index contributed by atoms with van der Waals surface area (Å²) in [6, 6.07) is 10.3. The number of anilines is 1. The first-order chi connectivity index (χ1) is 13.3. The number of carbonyl (C=O) groups is 1. The lowest BCUT2D eigenvalue weighted by molar-refractivity contribution is -0.116. The first-order valence-electron chi connectivity index (χ1n) is 8.46. The molecule has 8 heteroatoms. The van der Waals surface area contributed by atoms with Crippen molar-refractivity contribution in [1.82, 2.24) is 0 Å². The standard InChI is InChI=1S/C20H15F2NO3S2/c1-11-4-2-5-12(8-11)28(25,26)16-10-27-20-14(9-17(24)23-19(16)20)13-6-3-7-15(21)18(13)22/h2-8,10,14H,9H2,1H3,(H,23,24)/t14-/m1/s1. The number of halogens is 2. The molecule has 1 N–H and O–H groups in total. The summed E-state index contributed by atoms with van der Waals surface area (Å²) in [6.07, 6.45) is -0.0855. The van der Waals surface area contributed by atoms with Gasteiger partial charge in [0.25, 0.3) is 0 Å². The molecule has 4 nitrogen and oxygen atoms in total. The Morgan fingerprint density at radius 3 is 2.64 bits per heavy atom. The van der Waals surface area contributed by atoms with Crippen LogP contribution in [0, 0.1) is 18.6 Å². The van der Waals surface area contributed by atoms with E-state index in [9.17, 15) is 22.0 Å². The van der Waals surface area contributed by atoms with Crippen LogP contribution in [0.4, 0.5) is 14.5 Å². The molecule has 0 saturated heterocycles. The van der Waals surface area contributed by atoms with Gasteiger partial charge in [0.2, 0.25) is 15.7 Å². The first-order valence-corrected chi connectivity index (χ1v) is 10.8. The zero-order valence-corrected chi connectivity index (χ0v) is 16.3. The molecule has 3 aromatic rings. The van der Waals surface area contributed by atoms with Crippen molar-refractivity contribution in [2.75, 3.05) is 5.32 Å². The Labute approximate surface area is 164 Å². The summed E-state index contributed by atoms with van der Waals surface area (Å²) < 4.78 is 54.3. The lowest BCUT2D eigenvalue weighted by Gasteiger charge is -2.24. The molecule has 0 aliphatic carbocycles. The van der Waals surface area contributed by atoms with Crippen molar-refractivity contribution in [3.05, 3.63) is 75.5 Å². The van der Waals surface area contributed by atoms with Crippen LogP contribution in [0.3, 0.4) is 0 Å². The Kier molecular flexibility index (Phi) is 4.55. The van der Waals surface area contributed by atoms with Gasteiger partial charge in [-0.3, -0.25) is 4.79 Å². The van der Waals surface area contributed by atoms with Crippen LogP contribution in [0.1, 0.15) is 28.3 Å². The van der Waals surface area contributed by atoms with Gasteiger partial charge in [-0.15, -0.1) is 11.3 Å². The van der Waals surface area contributed by atoms with Crippen LogP contribution in [0.15, 0.2) is 57.6 Å². The van der Waals surface area contributed by atoms with Crippen molar-refractivity contribution in [2.24, 2.45) is 0 Å². The Morgan fingerprint density at radius 1 is 1.14 bits per heavy atom. The van der Waals surface area contributed by atoms with E-state index in [-0.39, 0.29) is 27.5 Å². The van der Waals surface area contributed by atoms with Gasteiger partial charge in [0, 0.05) is 22.6 Å². The third-order valence-corrected chi connectivity index (χ3v) is 7.72. The van der Waals surface area contributed by atoms with Crippen molar-refractivity contribution in [1.29, 1.82) is 0 Å². The smallest absolute Gasteiger partial charge is 0.225 e. The molecule has 0 fully saturated rings. The average Bonchev–Trinajstić information content (AvgIpc) is 3.08. The number of aryl methyl sites for hydroxylation is 1. The molecule has 1 aromatic heterocycles. The highest BCUT2D eigenvalue weighted by atomic mass is 32.2. The van der Waals surface area contributed by atoms with Gasteiger partial charge < -0.3 is 5.32 Å². The van der Waals surface area contributed by atoms with Gasteiger partial charge in [0.15, 0.2) is 11.6 Å². The van der Waals surface area contributed by atoms with Gasteiger partial charge >= 0.3 is 0 Å². The number of nitrogens with one attached hydrogen (secondary N) is 1. The number of hydrogen-bond acceptors (Lipinski definition) is 4. The van der Waals surface area contributed by atoms with E-state index in [4.69, 9.17) is 0 Å². The monoisotopic (exact) mass is 419 g/mol. The molecule has 0 bridgehead atoms. The lowest BCUT2D eigenvalue weighted by atomic mass is 9.90. The third-order valence-electron chi connectivity index (χ3n) is 4.70. The van der Waals surface area contributed by atoms with Crippen molar-refractivity contribution in [2.45, 2.75) is 29.1 Å². The Morgan fingerprint density at radius 2 is 1.89 bits per heavy atom. The van der Waals surface area contributed by atoms with Gasteiger partial charge in [-0.05, 0) is 36.2 Å². The maximum atomic E-state index is 14.3. The number of benzene rings is 2. The summed E-state index contributed by atoms with van der Waals surface area (Å²) in [7, 11) is -3.88. The summed E-state index contributed by atoms with van der Waals surface area (Å²) in [5.41, 5.74) is 0.975. The molecule has 2 heterocycles. The normalized spacial score (nSPS) is 16.5. The predicted octanol–water partition coefficient (Wildman–Crippen LogP) is 4.64. The quantitative estimate of drug-likeness (QED) is 0.673. The number of fused-ring (bicyclic) bond motifs is 1. The van der Waals surface area contributed by atoms with Gasteiger partial charge in [0.1, 0.15) is 4.90 Å². The minimum absolute atomic E-state index is 0.0343. The molecule has 1 amide bonds. The summed E-state index contributed by atoms with van der Waals surface area (Å²) in [5, 5.41) is 4.05. The van der Waals surface area contributed by atoms with Crippen molar-refractivity contribution in [3.63, 3.8) is 0 Å². The van der Waals surface area contributed by atoms with E-state index in [1.54, 1.807) is 25.1 Å². The number of carbonyl (C=O) groups excluding carboxylic acids is 1. The number of rotatable bonds is 3. The topological polar surface area (TPSA) is 63.2 Å². The fraction of sp³-hybridized carbons (Fsp3) is 0.150. The van der Waals surface area contributed by atoms with Crippen LogP contribution in [0.5, 0.6) is 0 Å². The summed E-state index contributed by atoms with van der Waals surface area (Å²) in [4.78, 5) is 12.8. The molecule has 0 saturated carbocycles. The molecule has 0 radical (unpaired) electrons. The van der Waals surface area contributed by atoms with E-state index in [2.05, 4.69) is 5.32 Å². The second-order valence-electron chi connectivity index (χ2n) is 6.61. The number of thiophene rings is 1. The summed E-state index contributed by atoms with van der Waals surface area (Å²) >= 11 is 1.11. The molecule has 28 heavy (non-hydrogen) atoms. The van der Waals surface area contributed by atoms with Gasteiger partial charge in [-0.25, -0.2) is 17.2 Å². The zero-order chi connectivity index (χ0) is 20.1. The summed E-state index contributed by atoms with van der Waals surface area (Å²) in [6.45, 7) is 1.78. The fourth-order valence-corrected chi connectivity index (χ4v) is 6.36. The predicted molar refractivity (Wildman–Crippen MR) is 102 cm³/mol.